The first kappa shape index (κ1) is 24.3. The van der Waals surface area contributed by atoms with Crippen molar-refractivity contribution in [2.45, 2.75) is 31.9 Å². The Morgan fingerprint density at radius 1 is 0.971 bits per heavy atom. The molecule has 0 fully saturated rings. The maximum absolute atomic E-state index is 13.1. The summed E-state index contributed by atoms with van der Waals surface area (Å²) in [5.41, 5.74) is 1.56. The number of nitrogens with zero attached hydrogens (tertiary/aromatic N) is 2. The van der Waals surface area contributed by atoms with Gasteiger partial charge in [-0.1, -0.05) is 48.9 Å². The minimum absolute atomic E-state index is 0.233. The number of benzene rings is 2. The van der Waals surface area contributed by atoms with E-state index in [0.29, 0.717) is 53.2 Å². The van der Waals surface area contributed by atoms with Gasteiger partial charge in [-0.15, -0.1) is 0 Å². The molecule has 4 rings (SSSR count). The number of unbranched alkanes of at least 4 members (excludes halogenated alkanes) is 2. The third kappa shape index (κ3) is 5.62. The van der Waals surface area contributed by atoms with Gasteiger partial charge in [0.25, 0.3) is 0 Å². The lowest BCUT2D eigenvalue weighted by molar-refractivity contribution is -0.140. The monoisotopic (exact) mass is 483 g/mol. The van der Waals surface area contributed by atoms with Crippen LogP contribution in [0.5, 0.6) is 0 Å². The van der Waals surface area contributed by atoms with Crippen molar-refractivity contribution >= 4 is 22.9 Å². The molecule has 0 aliphatic heterocycles. The van der Waals surface area contributed by atoms with E-state index < -0.39 is 11.7 Å². The van der Waals surface area contributed by atoms with Crippen LogP contribution in [0.4, 0.5) is 19.0 Å². The summed E-state index contributed by atoms with van der Waals surface area (Å²) in [6, 6.07) is 14.3. The molecule has 0 aliphatic carbocycles. The normalized spacial score (nSPS) is 11.5. The zero-order chi connectivity index (χ0) is 24.8. The second kappa shape index (κ2) is 10.6. The van der Waals surface area contributed by atoms with Gasteiger partial charge in [-0.2, -0.15) is 13.2 Å². The van der Waals surface area contributed by atoms with Crippen molar-refractivity contribution in [2.24, 2.45) is 0 Å². The van der Waals surface area contributed by atoms with Gasteiger partial charge < -0.3 is 14.5 Å². The van der Waals surface area contributed by atoms with Crippen LogP contribution in [0.25, 0.3) is 33.6 Å². The zero-order valence-corrected chi connectivity index (χ0v) is 19.1. The highest BCUT2D eigenvalue weighted by atomic mass is 19.4. The number of ether oxygens (including phenoxy) is 1. The summed E-state index contributed by atoms with van der Waals surface area (Å²) in [5, 5.41) is 3.89. The number of carbonyl (C=O) groups is 1. The van der Waals surface area contributed by atoms with E-state index in [1.54, 1.807) is 0 Å². The Morgan fingerprint density at radius 3 is 2.40 bits per heavy atom. The van der Waals surface area contributed by atoms with E-state index in [9.17, 15) is 18.0 Å². The molecule has 35 heavy (non-hydrogen) atoms. The van der Waals surface area contributed by atoms with Gasteiger partial charge >= 0.3 is 12.1 Å². The summed E-state index contributed by atoms with van der Waals surface area (Å²) in [7, 11) is 1.37. The van der Waals surface area contributed by atoms with Gasteiger partial charge in [-0.05, 0) is 30.5 Å². The number of alkyl halides is 3. The van der Waals surface area contributed by atoms with Gasteiger partial charge in [-0.3, -0.25) is 4.79 Å². The summed E-state index contributed by atoms with van der Waals surface area (Å²) in [6.45, 7) is 0.589. The second-order valence-electron chi connectivity index (χ2n) is 7.96. The van der Waals surface area contributed by atoms with Crippen LogP contribution in [-0.2, 0) is 15.7 Å². The van der Waals surface area contributed by atoms with Gasteiger partial charge in [0.15, 0.2) is 0 Å². The Hall–Kier alpha value is -3.88. The number of esters is 1. The van der Waals surface area contributed by atoms with Gasteiger partial charge in [-0.25, -0.2) is 9.97 Å². The number of nitrogens with one attached hydrogen (secondary N) is 1. The molecule has 0 aliphatic rings. The Kier molecular flexibility index (Phi) is 7.33. The van der Waals surface area contributed by atoms with Crippen molar-refractivity contribution < 1.29 is 27.1 Å². The molecule has 2 aromatic carbocycles. The SMILES string of the molecule is COC(=O)CCCCCNc1ncnc2oc(-c3ccccc3)c(-c3ccc(C(F)(F)F)cc3)c12. The molecule has 0 spiro atoms. The molecule has 9 heteroatoms. The van der Waals surface area contributed by atoms with Gasteiger partial charge in [0.1, 0.15) is 17.9 Å². The molecule has 0 amide bonds. The van der Waals surface area contributed by atoms with Gasteiger partial charge in [0.2, 0.25) is 5.71 Å². The highest BCUT2D eigenvalue weighted by Crippen LogP contribution is 2.43. The number of rotatable bonds is 9. The molecule has 0 unspecified atom stereocenters. The fourth-order valence-electron chi connectivity index (χ4n) is 3.84. The third-order valence-corrected chi connectivity index (χ3v) is 5.60. The van der Waals surface area contributed by atoms with Gasteiger partial charge in [0.05, 0.1) is 18.1 Å². The molecule has 0 bridgehead atoms. The van der Waals surface area contributed by atoms with E-state index in [2.05, 4.69) is 20.0 Å². The first-order valence-electron chi connectivity index (χ1n) is 11.2. The standard InChI is InChI=1S/C26H24F3N3O3/c1-34-20(33)10-6-3-7-15-30-24-22-21(17-11-13-19(14-12-17)26(27,28)29)23(18-8-4-2-5-9-18)35-25(22)32-16-31-24/h2,4-5,8-9,11-14,16H,3,6-7,10,15H2,1H3,(H,30,31,32). The Balaban J connectivity index is 1.68. The fraction of sp³-hybridized carbons (Fsp3) is 0.269. The topological polar surface area (TPSA) is 77.2 Å². The van der Waals surface area contributed by atoms with E-state index in [1.165, 1.54) is 25.6 Å². The van der Waals surface area contributed by atoms with Crippen molar-refractivity contribution in [3.05, 3.63) is 66.5 Å². The number of anilines is 1. The number of hydrogen-bond donors (Lipinski definition) is 1. The van der Waals surface area contributed by atoms with Crippen LogP contribution in [0, 0.1) is 0 Å². The molecule has 6 nitrogen and oxygen atoms in total. The minimum Gasteiger partial charge on any atom is -0.469 e. The van der Waals surface area contributed by atoms with E-state index in [-0.39, 0.29) is 5.97 Å². The van der Waals surface area contributed by atoms with Gasteiger partial charge in [0, 0.05) is 24.1 Å². The predicted octanol–water partition coefficient (Wildman–Crippen LogP) is 6.72. The maximum Gasteiger partial charge on any atom is 0.416 e. The largest absolute Gasteiger partial charge is 0.469 e. The molecular formula is C26H24F3N3O3. The van der Waals surface area contributed by atoms with E-state index in [1.807, 2.05) is 30.3 Å². The molecule has 0 saturated heterocycles. The number of furan rings is 1. The molecule has 0 saturated carbocycles. The Labute approximate surface area is 200 Å². The summed E-state index contributed by atoms with van der Waals surface area (Å²) in [4.78, 5) is 19.9. The lowest BCUT2D eigenvalue weighted by Gasteiger charge is -2.10. The second-order valence-corrected chi connectivity index (χ2v) is 7.96. The molecule has 4 aromatic rings. The van der Waals surface area contributed by atoms with Crippen LogP contribution in [0.15, 0.2) is 65.3 Å². The predicted molar refractivity (Wildman–Crippen MR) is 127 cm³/mol. The number of aromatic nitrogens is 2. The van der Waals surface area contributed by atoms with Crippen molar-refractivity contribution in [2.75, 3.05) is 19.0 Å². The average molecular weight is 483 g/mol. The summed E-state index contributed by atoms with van der Waals surface area (Å²) in [5.74, 6) is 0.800. The Morgan fingerprint density at radius 2 is 1.71 bits per heavy atom. The Bertz CT molecular complexity index is 1290. The third-order valence-electron chi connectivity index (χ3n) is 5.60. The molecule has 2 heterocycles. The quantitative estimate of drug-likeness (QED) is 0.210. The minimum atomic E-state index is -4.43. The van der Waals surface area contributed by atoms with Crippen LogP contribution in [0.2, 0.25) is 0 Å². The number of methoxy groups -OCH3 is 1. The summed E-state index contributed by atoms with van der Waals surface area (Å²) in [6.07, 6.45) is -0.341. The number of halogens is 3. The summed E-state index contributed by atoms with van der Waals surface area (Å²) < 4.78 is 50.2. The smallest absolute Gasteiger partial charge is 0.416 e. The first-order chi connectivity index (χ1) is 16.9. The first-order valence-corrected chi connectivity index (χ1v) is 11.2. The molecule has 1 N–H and O–H groups in total. The highest BCUT2D eigenvalue weighted by molar-refractivity contribution is 6.05. The van der Waals surface area contributed by atoms with Crippen LogP contribution < -0.4 is 5.32 Å². The van der Waals surface area contributed by atoms with Crippen LogP contribution in [-0.4, -0.2) is 29.6 Å². The molecule has 182 valence electrons. The van der Waals surface area contributed by atoms with Crippen LogP contribution >= 0.6 is 0 Å². The van der Waals surface area contributed by atoms with Crippen molar-refractivity contribution in [3.8, 4) is 22.5 Å². The lowest BCUT2D eigenvalue weighted by Crippen LogP contribution is -2.05. The summed E-state index contributed by atoms with van der Waals surface area (Å²) >= 11 is 0. The highest BCUT2D eigenvalue weighted by Gasteiger charge is 2.30. The maximum atomic E-state index is 13.1. The van der Waals surface area contributed by atoms with E-state index in [0.717, 1.165) is 30.5 Å². The van der Waals surface area contributed by atoms with Crippen molar-refractivity contribution in [1.82, 2.24) is 9.97 Å². The number of carbonyl (C=O) groups excluding carboxylic acids is 1. The zero-order valence-electron chi connectivity index (χ0n) is 19.1. The van der Waals surface area contributed by atoms with E-state index in [4.69, 9.17) is 4.42 Å². The van der Waals surface area contributed by atoms with Crippen LogP contribution in [0.1, 0.15) is 31.2 Å². The van der Waals surface area contributed by atoms with Crippen molar-refractivity contribution in [1.29, 1.82) is 0 Å². The lowest BCUT2D eigenvalue weighted by atomic mass is 9.98. The van der Waals surface area contributed by atoms with E-state index >= 15 is 0 Å². The number of hydrogen-bond acceptors (Lipinski definition) is 6. The molecule has 0 radical (unpaired) electrons. The fourth-order valence-corrected chi connectivity index (χ4v) is 3.84. The molecule has 2 aromatic heterocycles. The molecule has 0 atom stereocenters. The molecular weight excluding hydrogens is 459 g/mol. The van der Waals surface area contributed by atoms with Crippen LogP contribution in [0.3, 0.4) is 0 Å². The van der Waals surface area contributed by atoms with Crippen molar-refractivity contribution in [3.63, 3.8) is 0 Å². The number of fused-ring (bicyclic) bond motifs is 1. The average Bonchev–Trinajstić information content (AvgIpc) is 3.26.